The van der Waals surface area contributed by atoms with Crippen LogP contribution in [0.4, 0.5) is 8.78 Å². The summed E-state index contributed by atoms with van der Waals surface area (Å²) in [5.41, 5.74) is 0.546. The van der Waals surface area contributed by atoms with Crippen LogP contribution < -0.4 is 10.6 Å². The number of alkyl halides is 2. The van der Waals surface area contributed by atoms with E-state index in [4.69, 9.17) is 4.74 Å². The summed E-state index contributed by atoms with van der Waals surface area (Å²) in [5.74, 6) is 0.112. The number of rotatable bonds is 5. The third kappa shape index (κ3) is 3.30. The molecule has 20 heavy (non-hydrogen) atoms. The maximum Gasteiger partial charge on any atom is 0.263 e. The molecular weight excluding hydrogens is 268 g/mol. The van der Waals surface area contributed by atoms with Gasteiger partial charge in [0.1, 0.15) is 6.04 Å². The first kappa shape index (κ1) is 14.4. The molecule has 1 amide bonds. The zero-order chi connectivity index (χ0) is 14.5. The highest BCUT2D eigenvalue weighted by Crippen LogP contribution is 2.22. The molecule has 0 radical (unpaired) electrons. The molecule has 1 aliphatic heterocycles. The number of carbonyl (C=O) groups is 1. The van der Waals surface area contributed by atoms with Crippen molar-refractivity contribution in [3.63, 3.8) is 0 Å². The zero-order valence-corrected chi connectivity index (χ0v) is 10.9. The average Bonchev–Trinajstić information content (AvgIpc) is 2.80. The minimum Gasteiger partial charge on any atom is -0.383 e. The zero-order valence-electron chi connectivity index (χ0n) is 10.9. The van der Waals surface area contributed by atoms with Crippen molar-refractivity contribution >= 4 is 11.9 Å². The molecule has 2 rings (SSSR count). The van der Waals surface area contributed by atoms with E-state index >= 15 is 0 Å². The number of amides is 1. The van der Waals surface area contributed by atoms with Gasteiger partial charge < -0.3 is 10.1 Å². The third-order valence-corrected chi connectivity index (χ3v) is 2.87. The van der Waals surface area contributed by atoms with Gasteiger partial charge in [0.2, 0.25) is 0 Å². The first-order chi connectivity index (χ1) is 9.61. The summed E-state index contributed by atoms with van der Waals surface area (Å²) in [4.78, 5) is 15.9. The van der Waals surface area contributed by atoms with Crippen LogP contribution in [0.5, 0.6) is 0 Å². The quantitative estimate of drug-likeness (QED) is 0.803. The van der Waals surface area contributed by atoms with Gasteiger partial charge in [0.05, 0.1) is 13.2 Å². The number of nitrogens with one attached hydrogen (secondary N) is 2. The van der Waals surface area contributed by atoms with Crippen LogP contribution in [-0.4, -0.2) is 32.1 Å². The highest BCUT2D eigenvalue weighted by molar-refractivity contribution is 6.06. The van der Waals surface area contributed by atoms with Crippen molar-refractivity contribution in [1.29, 1.82) is 0 Å². The number of halogens is 2. The van der Waals surface area contributed by atoms with E-state index in [0.717, 1.165) is 0 Å². The molecule has 1 atom stereocenters. The molecule has 2 N–H and O–H groups in total. The first-order valence-electron chi connectivity index (χ1n) is 6.10. The number of nitrogens with zero attached hydrogens (tertiary/aromatic N) is 1. The Morgan fingerprint density at radius 1 is 1.35 bits per heavy atom. The van der Waals surface area contributed by atoms with Crippen molar-refractivity contribution in [2.75, 3.05) is 20.3 Å². The smallest absolute Gasteiger partial charge is 0.263 e. The molecule has 1 aliphatic rings. The molecule has 1 aromatic carbocycles. The van der Waals surface area contributed by atoms with Gasteiger partial charge in [-0.3, -0.25) is 15.1 Å². The third-order valence-electron chi connectivity index (χ3n) is 2.87. The molecule has 7 heteroatoms. The second-order valence-electron chi connectivity index (χ2n) is 4.26. The van der Waals surface area contributed by atoms with E-state index in [9.17, 15) is 13.6 Å². The number of aliphatic imine (C=N–C) groups is 1. The van der Waals surface area contributed by atoms with E-state index in [1.165, 1.54) is 24.3 Å². The molecule has 0 saturated carbocycles. The molecule has 0 aliphatic carbocycles. The van der Waals surface area contributed by atoms with Gasteiger partial charge in [0.25, 0.3) is 12.3 Å². The molecular formula is C13H15F2N3O2. The van der Waals surface area contributed by atoms with Crippen LogP contribution in [0.15, 0.2) is 29.3 Å². The molecule has 0 bridgehead atoms. The second kappa shape index (κ2) is 6.42. The number of benzene rings is 1. The van der Waals surface area contributed by atoms with Crippen molar-refractivity contribution in [3.8, 4) is 0 Å². The number of ether oxygens (including phenoxy) is 1. The van der Waals surface area contributed by atoms with E-state index < -0.39 is 12.5 Å². The predicted octanol–water partition coefficient (Wildman–Crippen LogP) is 1.39. The molecule has 5 nitrogen and oxygen atoms in total. The molecule has 1 fully saturated rings. The number of methoxy groups -OCH3 is 1. The fourth-order valence-corrected chi connectivity index (χ4v) is 1.83. The van der Waals surface area contributed by atoms with Gasteiger partial charge >= 0.3 is 0 Å². The Kier molecular flexibility index (Phi) is 4.62. The molecule has 1 heterocycles. The summed E-state index contributed by atoms with van der Waals surface area (Å²) in [6, 6.07) is 5.04. The number of hydrogen-bond acceptors (Lipinski definition) is 3. The lowest BCUT2D eigenvalue weighted by Gasteiger charge is -2.09. The Morgan fingerprint density at radius 2 is 2.05 bits per heavy atom. The Bertz CT molecular complexity index is 503. The summed E-state index contributed by atoms with van der Waals surface area (Å²) in [6.07, 6.45) is -2.51. The Balaban J connectivity index is 2.05. The van der Waals surface area contributed by atoms with Gasteiger partial charge in [-0.1, -0.05) is 24.3 Å². The number of hydrogen-bond donors (Lipinski definition) is 2. The van der Waals surface area contributed by atoms with Crippen molar-refractivity contribution in [1.82, 2.24) is 10.6 Å². The van der Waals surface area contributed by atoms with E-state index in [0.29, 0.717) is 24.7 Å². The standard InChI is InChI=1S/C13H15F2N3O2/c1-20-7-6-16-13-17-10(12(19)18-13)8-2-4-9(5-3-8)11(14)15/h2-5,10-11H,6-7H2,1H3,(H2,16,17,18,19). The summed E-state index contributed by atoms with van der Waals surface area (Å²) in [7, 11) is 1.56. The van der Waals surface area contributed by atoms with Crippen LogP contribution >= 0.6 is 0 Å². The average molecular weight is 283 g/mol. The van der Waals surface area contributed by atoms with Crippen molar-refractivity contribution in [2.45, 2.75) is 12.5 Å². The summed E-state index contributed by atoms with van der Waals surface area (Å²) in [5, 5.41) is 5.51. The topological polar surface area (TPSA) is 62.7 Å². The van der Waals surface area contributed by atoms with Crippen molar-refractivity contribution in [2.24, 2.45) is 4.99 Å². The van der Waals surface area contributed by atoms with Gasteiger partial charge in [0, 0.05) is 12.7 Å². The lowest BCUT2D eigenvalue weighted by Crippen LogP contribution is -2.26. The van der Waals surface area contributed by atoms with E-state index in [1.54, 1.807) is 7.11 Å². The minimum absolute atomic E-state index is 0.0684. The molecule has 1 saturated heterocycles. The fourth-order valence-electron chi connectivity index (χ4n) is 1.83. The van der Waals surface area contributed by atoms with Crippen LogP contribution in [0, 0.1) is 0 Å². The van der Waals surface area contributed by atoms with Crippen LogP contribution in [0.1, 0.15) is 23.6 Å². The molecule has 1 aromatic rings. The lowest BCUT2D eigenvalue weighted by molar-refractivity contribution is -0.120. The highest BCUT2D eigenvalue weighted by atomic mass is 19.3. The molecule has 0 spiro atoms. The summed E-state index contributed by atoms with van der Waals surface area (Å²) >= 11 is 0. The van der Waals surface area contributed by atoms with Gasteiger partial charge in [0.15, 0.2) is 5.96 Å². The van der Waals surface area contributed by atoms with Crippen LogP contribution in [-0.2, 0) is 9.53 Å². The monoisotopic (exact) mass is 283 g/mol. The van der Waals surface area contributed by atoms with Gasteiger partial charge in [-0.2, -0.15) is 0 Å². The predicted molar refractivity (Wildman–Crippen MR) is 69.6 cm³/mol. The van der Waals surface area contributed by atoms with Crippen molar-refractivity contribution in [3.05, 3.63) is 35.4 Å². The first-order valence-corrected chi connectivity index (χ1v) is 6.10. The molecule has 1 unspecified atom stereocenters. The van der Waals surface area contributed by atoms with Gasteiger partial charge in [-0.25, -0.2) is 8.78 Å². The Morgan fingerprint density at radius 3 is 2.65 bits per heavy atom. The maximum absolute atomic E-state index is 12.5. The minimum atomic E-state index is -2.51. The van der Waals surface area contributed by atoms with E-state index in [2.05, 4.69) is 15.6 Å². The Labute approximate surface area is 115 Å². The van der Waals surface area contributed by atoms with Crippen LogP contribution in [0.25, 0.3) is 0 Å². The Hall–Kier alpha value is -2.02. The van der Waals surface area contributed by atoms with Crippen LogP contribution in [0.2, 0.25) is 0 Å². The maximum atomic E-state index is 12.5. The van der Waals surface area contributed by atoms with Crippen molar-refractivity contribution < 1.29 is 18.3 Å². The lowest BCUT2D eigenvalue weighted by atomic mass is 10.1. The summed E-state index contributed by atoms with van der Waals surface area (Å²) < 4.78 is 29.8. The van der Waals surface area contributed by atoms with Gasteiger partial charge in [-0.15, -0.1) is 0 Å². The summed E-state index contributed by atoms with van der Waals surface area (Å²) in [6.45, 7) is 0.880. The normalized spacial score (nSPS) is 20.3. The molecule has 108 valence electrons. The molecule has 0 aromatic heterocycles. The SMILES string of the molecule is COCCN=C1NC(=O)C(c2ccc(C(F)F)cc2)N1. The van der Waals surface area contributed by atoms with E-state index in [-0.39, 0.29) is 11.5 Å². The van der Waals surface area contributed by atoms with E-state index in [1.807, 2.05) is 0 Å². The highest BCUT2D eigenvalue weighted by Gasteiger charge is 2.29. The fraction of sp³-hybridized carbons (Fsp3) is 0.385. The second-order valence-corrected chi connectivity index (χ2v) is 4.26. The number of guanidine groups is 1. The van der Waals surface area contributed by atoms with Gasteiger partial charge in [-0.05, 0) is 5.56 Å². The largest absolute Gasteiger partial charge is 0.383 e. The number of carbonyl (C=O) groups excluding carboxylic acids is 1. The van der Waals surface area contributed by atoms with Crippen LogP contribution in [0.3, 0.4) is 0 Å².